The van der Waals surface area contributed by atoms with Gasteiger partial charge in [-0.15, -0.1) is 0 Å². The first-order valence-corrected chi connectivity index (χ1v) is 9.47. The van der Waals surface area contributed by atoms with Crippen LogP contribution in [0.25, 0.3) is 10.8 Å². The van der Waals surface area contributed by atoms with Gasteiger partial charge in [-0.1, -0.05) is 12.1 Å². The number of nitrogens with one attached hydrogen (secondary N) is 1. The Morgan fingerprint density at radius 1 is 1.27 bits per heavy atom. The molecule has 0 bridgehead atoms. The highest BCUT2D eigenvalue weighted by atomic mass is 19.1. The molecular weight excluding hydrogens is 394 g/mol. The second-order valence-electron chi connectivity index (χ2n) is 6.94. The van der Waals surface area contributed by atoms with Gasteiger partial charge in [-0.05, 0) is 48.9 Å². The van der Waals surface area contributed by atoms with Crippen LogP contribution in [0, 0.1) is 11.6 Å². The number of hydrogen-bond acceptors (Lipinski definition) is 4. The smallest absolute Gasteiger partial charge is 0.405 e. The van der Waals surface area contributed by atoms with Crippen LogP contribution in [0.2, 0.25) is 0 Å². The lowest BCUT2D eigenvalue weighted by Crippen LogP contribution is -2.26. The van der Waals surface area contributed by atoms with E-state index in [9.17, 15) is 14.0 Å². The lowest BCUT2D eigenvalue weighted by atomic mass is 9.94. The fourth-order valence-corrected chi connectivity index (χ4v) is 3.98. The Morgan fingerprint density at radius 2 is 2.07 bits per heavy atom. The molecule has 8 heteroatoms. The summed E-state index contributed by atoms with van der Waals surface area (Å²) in [6, 6.07) is 6.67. The second kappa shape index (κ2) is 7.70. The van der Waals surface area contributed by atoms with Crippen molar-refractivity contribution in [1.82, 2.24) is 10.3 Å². The summed E-state index contributed by atoms with van der Waals surface area (Å²) < 4.78 is 35.6. The molecule has 0 aliphatic heterocycles. The summed E-state index contributed by atoms with van der Waals surface area (Å²) in [6.07, 6.45) is 0.773. The first-order valence-electron chi connectivity index (χ1n) is 9.47. The summed E-state index contributed by atoms with van der Waals surface area (Å²) in [4.78, 5) is 28.4. The molecule has 1 aliphatic carbocycles. The van der Waals surface area contributed by atoms with E-state index in [-0.39, 0.29) is 11.1 Å². The van der Waals surface area contributed by atoms with E-state index >= 15 is 4.39 Å². The minimum Gasteiger partial charge on any atom is -0.478 e. The normalized spacial score (nSPS) is 15.1. The molecular formula is C22H18F2N2O4. The van der Waals surface area contributed by atoms with E-state index in [1.807, 2.05) is 0 Å². The van der Waals surface area contributed by atoms with Crippen molar-refractivity contribution >= 4 is 22.6 Å². The molecule has 1 heterocycles. The standard InChI is InChI=1S/C22H18F2N2O4/c1-2-30-21-14-5-3-4-13(12(14)8-9-25-21)20(27)18-15(23)10-11-6-7-16(26-22(28)29)17(11)19(18)24/h3-5,8-10,16,26H,2,6-7H2,1H3,(H,28,29)/t16-/m1/s1. The SMILES string of the molecule is CCOc1nccc2c(C(=O)c3c(F)cc4c(c3F)[C@H](NC(=O)O)CC4)cccc12. The summed E-state index contributed by atoms with van der Waals surface area (Å²) in [6.45, 7) is 2.17. The number of halogens is 2. The van der Waals surface area contributed by atoms with Gasteiger partial charge < -0.3 is 15.2 Å². The van der Waals surface area contributed by atoms with Crippen molar-refractivity contribution in [2.24, 2.45) is 0 Å². The lowest BCUT2D eigenvalue weighted by molar-refractivity contribution is 0.103. The van der Waals surface area contributed by atoms with E-state index in [2.05, 4.69) is 10.3 Å². The highest BCUT2D eigenvalue weighted by Crippen LogP contribution is 2.37. The number of aromatic nitrogens is 1. The van der Waals surface area contributed by atoms with Crippen LogP contribution in [0.5, 0.6) is 5.88 Å². The van der Waals surface area contributed by atoms with Gasteiger partial charge in [0.1, 0.15) is 11.6 Å². The van der Waals surface area contributed by atoms with Gasteiger partial charge in [-0.25, -0.2) is 18.6 Å². The van der Waals surface area contributed by atoms with Gasteiger partial charge in [0.05, 0.1) is 18.2 Å². The summed E-state index contributed by atoms with van der Waals surface area (Å²) in [5.41, 5.74) is -0.204. The van der Waals surface area contributed by atoms with Gasteiger partial charge in [-0.3, -0.25) is 4.79 Å². The number of nitrogens with zero attached hydrogens (tertiary/aromatic N) is 1. The van der Waals surface area contributed by atoms with Crippen LogP contribution in [-0.4, -0.2) is 28.6 Å². The minimum atomic E-state index is -1.31. The fourth-order valence-electron chi connectivity index (χ4n) is 3.98. The van der Waals surface area contributed by atoms with Crippen molar-refractivity contribution in [3.63, 3.8) is 0 Å². The summed E-state index contributed by atoms with van der Waals surface area (Å²) >= 11 is 0. The maximum absolute atomic E-state index is 15.3. The first kappa shape index (κ1) is 19.8. The maximum Gasteiger partial charge on any atom is 0.405 e. The van der Waals surface area contributed by atoms with E-state index in [1.165, 1.54) is 12.3 Å². The van der Waals surface area contributed by atoms with Gasteiger partial charge in [0, 0.05) is 22.7 Å². The number of rotatable bonds is 5. The van der Waals surface area contributed by atoms with E-state index < -0.39 is 35.1 Å². The predicted molar refractivity (Wildman–Crippen MR) is 105 cm³/mol. The molecule has 6 nitrogen and oxygen atoms in total. The van der Waals surface area contributed by atoms with Crippen LogP contribution >= 0.6 is 0 Å². The Kier molecular flexibility index (Phi) is 5.07. The van der Waals surface area contributed by atoms with Gasteiger partial charge in [0.2, 0.25) is 5.88 Å². The summed E-state index contributed by atoms with van der Waals surface area (Å²) in [7, 11) is 0. The number of fused-ring (bicyclic) bond motifs is 2. The quantitative estimate of drug-likeness (QED) is 0.607. The van der Waals surface area contributed by atoms with Gasteiger partial charge in [0.25, 0.3) is 0 Å². The van der Waals surface area contributed by atoms with Crippen molar-refractivity contribution < 1.29 is 28.2 Å². The second-order valence-corrected chi connectivity index (χ2v) is 6.94. The summed E-state index contributed by atoms with van der Waals surface area (Å²) in [5, 5.41) is 12.2. The van der Waals surface area contributed by atoms with Crippen molar-refractivity contribution in [1.29, 1.82) is 0 Å². The van der Waals surface area contributed by atoms with Crippen LogP contribution < -0.4 is 10.1 Å². The highest BCUT2D eigenvalue weighted by Gasteiger charge is 2.33. The molecule has 154 valence electrons. The van der Waals surface area contributed by atoms with Crippen molar-refractivity contribution in [3.8, 4) is 5.88 Å². The van der Waals surface area contributed by atoms with Gasteiger partial charge in [-0.2, -0.15) is 0 Å². The third kappa shape index (κ3) is 3.24. The summed E-state index contributed by atoms with van der Waals surface area (Å²) in [5.74, 6) is -2.50. The molecule has 1 atom stereocenters. The lowest BCUT2D eigenvalue weighted by Gasteiger charge is -2.15. The minimum absolute atomic E-state index is 0.0269. The van der Waals surface area contributed by atoms with E-state index in [0.717, 1.165) is 6.07 Å². The van der Waals surface area contributed by atoms with Crippen molar-refractivity contribution in [2.75, 3.05) is 6.61 Å². The number of ketones is 1. The van der Waals surface area contributed by atoms with Gasteiger partial charge >= 0.3 is 6.09 Å². The number of amides is 1. The molecule has 0 saturated heterocycles. The van der Waals surface area contributed by atoms with Crippen molar-refractivity contribution in [3.05, 3.63) is 70.4 Å². The molecule has 4 rings (SSSR count). The van der Waals surface area contributed by atoms with Crippen LogP contribution in [0.4, 0.5) is 13.6 Å². The number of ether oxygens (including phenoxy) is 1. The zero-order valence-electron chi connectivity index (χ0n) is 16.0. The molecule has 30 heavy (non-hydrogen) atoms. The number of carbonyl (C=O) groups excluding carboxylic acids is 1. The number of carbonyl (C=O) groups is 2. The number of aryl methyl sites for hydroxylation is 1. The van der Waals surface area contributed by atoms with Crippen LogP contribution in [0.15, 0.2) is 36.5 Å². The zero-order chi connectivity index (χ0) is 21.4. The first-order chi connectivity index (χ1) is 14.4. The predicted octanol–water partition coefficient (Wildman–Crippen LogP) is 4.40. The number of carboxylic acid groups (broad SMARTS) is 1. The Hall–Kier alpha value is -3.55. The highest BCUT2D eigenvalue weighted by molar-refractivity contribution is 6.17. The molecule has 0 spiro atoms. The Labute approximate surface area is 170 Å². The number of benzene rings is 2. The van der Waals surface area contributed by atoms with Crippen LogP contribution in [-0.2, 0) is 6.42 Å². The number of hydrogen-bond donors (Lipinski definition) is 2. The maximum atomic E-state index is 15.3. The molecule has 2 N–H and O–H groups in total. The van der Waals surface area contributed by atoms with Gasteiger partial charge in [0.15, 0.2) is 5.78 Å². The van der Waals surface area contributed by atoms with Crippen LogP contribution in [0.1, 0.15) is 46.4 Å². The Balaban J connectivity index is 1.86. The topological polar surface area (TPSA) is 88.5 Å². The van der Waals surface area contributed by atoms with Crippen LogP contribution in [0.3, 0.4) is 0 Å². The molecule has 1 aliphatic rings. The van der Waals surface area contributed by atoms with Crippen molar-refractivity contribution in [2.45, 2.75) is 25.8 Å². The average Bonchev–Trinajstić information content (AvgIpc) is 3.09. The molecule has 0 fully saturated rings. The zero-order valence-corrected chi connectivity index (χ0v) is 16.0. The van der Waals surface area contributed by atoms with E-state index in [1.54, 1.807) is 25.1 Å². The fraction of sp³-hybridized carbons (Fsp3) is 0.227. The molecule has 0 radical (unpaired) electrons. The molecule has 0 saturated carbocycles. The molecule has 2 aromatic carbocycles. The molecule has 0 unspecified atom stereocenters. The molecule has 1 amide bonds. The average molecular weight is 412 g/mol. The Morgan fingerprint density at radius 3 is 2.80 bits per heavy atom. The third-order valence-corrected chi connectivity index (χ3v) is 5.21. The van der Waals surface area contributed by atoms with E-state index in [4.69, 9.17) is 9.84 Å². The third-order valence-electron chi connectivity index (χ3n) is 5.21. The molecule has 3 aromatic rings. The monoisotopic (exact) mass is 412 g/mol. The number of pyridine rings is 1. The van der Waals surface area contributed by atoms with E-state index in [0.29, 0.717) is 41.7 Å². The Bertz CT molecular complexity index is 1180. The molecule has 1 aromatic heterocycles. The largest absolute Gasteiger partial charge is 0.478 e.